The third-order valence-corrected chi connectivity index (χ3v) is 8.92. The molecule has 0 heterocycles. The van der Waals surface area contributed by atoms with Crippen molar-refractivity contribution < 1.29 is 15.3 Å². The number of aliphatic hydroxyl groups is 3. The van der Waals surface area contributed by atoms with E-state index in [4.69, 9.17) is 0 Å². The van der Waals surface area contributed by atoms with Gasteiger partial charge in [-0.25, -0.2) is 0 Å². The molecule has 3 heteroatoms. The molecule has 0 saturated heterocycles. The lowest BCUT2D eigenvalue weighted by Crippen LogP contribution is -2.63. The Morgan fingerprint density at radius 1 is 0.917 bits per heavy atom. The molecule has 24 heavy (non-hydrogen) atoms. The molecule has 0 aromatic rings. The third-order valence-electron chi connectivity index (χ3n) is 8.92. The van der Waals surface area contributed by atoms with Gasteiger partial charge in [0.25, 0.3) is 0 Å². The lowest BCUT2D eigenvalue weighted by Gasteiger charge is -2.63. The Labute approximate surface area is 146 Å². The van der Waals surface area contributed by atoms with E-state index in [1.807, 2.05) is 0 Å². The molecule has 0 aliphatic heterocycles. The molecule has 0 aromatic carbocycles. The lowest BCUT2D eigenvalue weighted by molar-refractivity contribution is -0.217. The van der Waals surface area contributed by atoms with Crippen LogP contribution in [0.15, 0.2) is 11.6 Å². The zero-order valence-electron chi connectivity index (χ0n) is 15.4. The molecular formula is C21H34O3. The first-order chi connectivity index (χ1) is 11.3. The highest BCUT2D eigenvalue weighted by atomic mass is 16.3. The molecule has 4 aliphatic carbocycles. The van der Waals surface area contributed by atoms with Gasteiger partial charge in [0.1, 0.15) is 0 Å². The van der Waals surface area contributed by atoms with Gasteiger partial charge in [-0.2, -0.15) is 0 Å². The molecule has 136 valence electrons. The van der Waals surface area contributed by atoms with Crippen LogP contribution in [-0.4, -0.2) is 33.6 Å². The van der Waals surface area contributed by atoms with Crippen LogP contribution in [-0.2, 0) is 0 Å². The van der Waals surface area contributed by atoms with E-state index in [1.54, 1.807) is 5.57 Å². The molecule has 4 fully saturated rings. The first-order valence-electron chi connectivity index (χ1n) is 10.0. The van der Waals surface area contributed by atoms with Gasteiger partial charge in [-0.1, -0.05) is 25.5 Å². The van der Waals surface area contributed by atoms with Crippen molar-refractivity contribution >= 4 is 0 Å². The molecule has 4 aliphatic rings. The summed E-state index contributed by atoms with van der Waals surface area (Å²) in [6.07, 6.45) is 7.86. The van der Waals surface area contributed by atoms with Crippen molar-refractivity contribution in [3.63, 3.8) is 0 Å². The van der Waals surface area contributed by atoms with Crippen LogP contribution in [0.5, 0.6) is 0 Å². The van der Waals surface area contributed by atoms with Crippen molar-refractivity contribution in [3.8, 4) is 0 Å². The Morgan fingerprint density at radius 3 is 2.38 bits per heavy atom. The summed E-state index contributed by atoms with van der Waals surface area (Å²) in [6.45, 7) is 6.89. The second-order valence-corrected chi connectivity index (χ2v) is 9.62. The maximum absolute atomic E-state index is 11.1. The van der Waals surface area contributed by atoms with Gasteiger partial charge >= 0.3 is 0 Å². The van der Waals surface area contributed by atoms with E-state index in [0.29, 0.717) is 18.3 Å². The van der Waals surface area contributed by atoms with E-state index in [2.05, 4.69) is 26.8 Å². The van der Waals surface area contributed by atoms with Gasteiger partial charge in [0.2, 0.25) is 0 Å². The van der Waals surface area contributed by atoms with E-state index in [9.17, 15) is 15.3 Å². The van der Waals surface area contributed by atoms with E-state index in [0.717, 1.165) is 32.1 Å². The van der Waals surface area contributed by atoms with Crippen LogP contribution in [0.3, 0.4) is 0 Å². The number of aliphatic hydroxyl groups excluding tert-OH is 3. The number of hydrogen-bond acceptors (Lipinski definition) is 3. The first kappa shape index (κ1) is 17.1. The summed E-state index contributed by atoms with van der Waals surface area (Å²) in [5, 5.41) is 32.1. The smallest absolute Gasteiger partial charge is 0.0836 e. The van der Waals surface area contributed by atoms with Gasteiger partial charge in [-0.05, 0) is 86.4 Å². The molecule has 0 radical (unpaired) electrons. The molecule has 4 rings (SSSR count). The van der Waals surface area contributed by atoms with Crippen LogP contribution in [0.4, 0.5) is 0 Å². The monoisotopic (exact) mass is 334 g/mol. The van der Waals surface area contributed by atoms with E-state index >= 15 is 0 Å². The quantitative estimate of drug-likeness (QED) is 0.596. The first-order valence-corrected chi connectivity index (χ1v) is 10.0. The van der Waals surface area contributed by atoms with Crippen molar-refractivity contribution in [3.05, 3.63) is 11.6 Å². The molecule has 3 N–H and O–H groups in total. The third kappa shape index (κ3) is 2.07. The van der Waals surface area contributed by atoms with Gasteiger partial charge in [0, 0.05) is 0 Å². The highest BCUT2D eigenvalue weighted by molar-refractivity contribution is 5.25. The predicted octanol–water partition coefficient (Wildman–Crippen LogP) is 3.28. The number of allylic oxidation sites excluding steroid dienone is 2. The minimum absolute atomic E-state index is 0.0458. The predicted molar refractivity (Wildman–Crippen MR) is 94.3 cm³/mol. The van der Waals surface area contributed by atoms with Gasteiger partial charge in [0.15, 0.2) is 0 Å². The van der Waals surface area contributed by atoms with Crippen LogP contribution >= 0.6 is 0 Å². The molecule has 9 atom stereocenters. The van der Waals surface area contributed by atoms with Crippen molar-refractivity contribution in [2.75, 3.05) is 0 Å². The number of rotatable bonds is 0. The van der Waals surface area contributed by atoms with Gasteiger partial charge in [0.05, 0.1) is 18.3 Å². The molecule has 0 bridgehead atoms. The summed E-state index contributed by atoms with van der Waals surface area (Å²) in [5.74, 6) is 1.25. The second kappa shape index (κ2) is 5.56. The average Bonchev–Trinajstić information content (AvgIpc) is 2.90. The maximum Gasteiger partial charge on any atom is 0.0836 e. The zero-order chi connectivity index (χ0) is 17.3. The topological polar surface area (TPSA) is 60.7 Å². The highest BCUT2D eigenvalue weighted by Gasteiger charge is 2.63. The summed E-state index contributed by atoms with van der Waals surface area (Å²) in [6, 6.07) is 0. The Hall–Kier alpha value is -0.380. The van der Waals surface area contributed by atoms with Crippen LogP contribution in [0, 0.1) is 34.5 Å². The Bertz CT molecular complexity index is 543. The van der Waals surface area contributed by atoms with Crippen LogP contribution in [0.2, 0.25) is 0 Å². The Morgan fingerprint density at radius 2 is 1.67 bits per heavy atom. The van der Waals surface area contributed by atoms with Crippen LogP contribution in [0.1, 0.15) is 65.7 Å². The summed E-state index contributed by atoms with van der Waals surface area (Å²) in [7, 11) is 0. The van der Waals surface area contributed by atoms with Gasteiger partial charge in [-0.15, -0.1) is 0 Å². The van der Waals surface area contributed by atoms with E-state index < -0.39 is 12.2 Å². The fraction of sp³-hybridized carbons (Fsp3) is 0.905. The minimum atomic E-state index is -0.678. The zero-order valence-corrected chi connectivity index (χ0v) is 15.4. The fourth-order valence-corrected chi connectivity index (χ4v) is 7.56. The average molecular weight is 335 g/mol. The molecule has 0 amide bonds. The maximum atomic E-state index is 11.1. The van der Waals surface area contributed by atoms with Crippen LogP contribution in [0.25, 0.3) is 0 Å². The molecule has 0 spiro atoms. The molecular weight excluding hydrogens is 300 g/mol. The summed E-state index contributed by atoms with van der Waals surface area (Å²) in [4.78, 5) is 0. The normalized spacial score (nSPS) is 58.9. The van der Waals surface area contributed by atoms with E-state index in [1.165, 1.54) is 6.42 Å². The van der Waals surface area contributed by atoms with Crippen LogP contribution < -0.4 is 0 Å². The van der Waals surface area contributed by atoms with Crippen molar-refractivity contribution in [2.24, 2.45) is 34.5 Å². The SMILES string of the molecule is C/C=C1/CCC2C3C(O)[C@@H](O)C4C[C@@H](O)CC[C@]4(C)C3CC[C@]12C. The largest absolute Gasteiger partial charge is 0.393 e. The Balaban J connectivity index is 1.73. The van der Waals surface area contributed by atoms with Gasteiger partial charge < -0.3 is 15.3 Å². The van der Waals surface area contributed by atoms with Gasteiger partial charge in [-0.3, -0.25) is 0 Å². The highest BCUT2D eigenvalue weighted by Crippen LogP contribution is 2.67. The standard InChI is InChI=1S/C21H34O3/c1-4-12-5-6-14-17-15(8-10-20(12,14)2)21(3)9-7-13(22)11-16(21)18(23)19(17)24/h4,13-19,22-24H,5-11H2,1-3H3/b12-4-/t13-,14?,15?,16?,17?,18-,19?,20+,21+/m0/s1. The second-order valence-electron chi connectivity index (χ2n) is 9.62. The van der Waals surface area contributed by atoms with Crippen molar-refractivity contribution in [2.45, 2.75) is 84.0 Å². The number of fused-ring (bicyclic) bond motifs is 5. The number of hydrogen-bond donors (Lipinski definition) is 3. The molecule has 4 saturated carbocycles. The molecule has 5 unspecified atom stereocenters. The van der Waals surface area contributed by atoms with Crippen molar-refractivity contribution in [1.29, 1.82) is 0 Å². The van der Waals surface area contributed by atoms with Crippen molar-refractivity contribution in [1.82, 2.24) is 0 Å². The minimum Gasteiger partial charge on any atom is -0.393 e. The Kier molecular flexibility index (Phi) is 3.95. The summed E-state index contributed by atoms with van der Waals surface area (Å²) < 4.78 is 0. The fourth-order valence-electron chi connectivity index (χ4n) is 7.56. The molecule has 3 nitrogen and oxygen atoms in total. The van der Waals surface area contributed by atoms with E-state index in [-0.39, 0.29) is 28.8 Å². The summed E-state index contributed by atoms with van der Waals surface area (Å²) in [5.41, 5.74) is 1.86. The lowest BCUT2D eigenvalue weighted by atomic mass is 9.43. The molecule has 0 aromatic heterocycles. The summed E-state index contributed by atoms with van der Waals surface area (Å²) >= 11 is 0.